The first-order valence-electron chi connectivity index (χ1n) is 19.5. The number of hydrogen-bond acceptors (Lipinski definition) is 8. The average molecular weight is 749 g/mol. The minimum atomic E-state index is -0.845. The lowest BCUT2D eigenvalue weighted by atomic mass is 9.77. The topological polar surface area (TPSA) is 113 Å². The van der Waals surface area contributed by atoms with Crippen LogP contribution in [-0.4, -0.2) is 36.1 Å². The van der Waals surface area contributed by atoms with Crippen LogP contribution in [0.2, 0.25) is 0 Å². The van der Waals surface area contributed by atoms with Crippen molar-refractivity contribution >= 4 is 29.5 Å². The fourth-order valence-electron chi connectivity index (χ4n) is 7.71. The molecule has 0 N–H and O–H groups in total. The molecule has 0 amide bonds. The number of benzene rings is 5. The van der Waals surface area contributed by atoms with E-state index in [-0.39, 0.29) is 51.7 Å². The first-order valence-corrected chi connectivity index (χ1v) is 19.5. The molecule has 1 fully saturated rings. The van der Waals surface area contributed by atoms with Crippen molar-refractivity contribution in [2.75, 3.05) is 6.61 Å². The molecule has 0 aromatic heterocycles. The normalized spacial score (nSPS) is 16.6. The monoisotopic (exact) mass is 748 g/mol. The molecule has 56 heavy (non-hydrogen) atoms. The molecular formula is C48H44O8. The van der Waals surface area contributed by atoms with Crippen LogP contribution in [0.1, 0.15) is 144 Å². The summed E-state index contributed by atoms with van der Waals surface area (Å²) in [7, 11) is 0. The Morgan fingerprint density at radius 1 is 0.607 bits per heavy atom. The highest BCUT2D eigenvalue weighted by atomic mass is 16.6. The van der Waals surface area contributed by atoms with Crippen molar-refractivity contribution in [3.05, 3.63) is 171 Å². The Hall–Kier alpha value is -6.15. The number of hydrogen-bond donors (Lipinski definition) is 0. The van der Waals surface area contributed by atoms with Crippen LogP contribution in [0.4, 0.5) is 0 Å². The van der Waals surface area contributed by atoms with Gasteiger partial charge in [0, 0.05) is 22.3 Å². The molecule has 0 bridgehead atoms. The van der Waals surface area contributed by atoms with E-state index in [2.05, 4.69) is 6.92 Å². The second-order valence-corrected chi connectivity index (χ2v) is 14.6. The maximum absolute atomic E-state index is 13.3. The van der Waals surface area contributed by atoms with Gasteiger partial charge in [-0.3, -0.25) is 9.59 Å². The molecule has 0 spiro atoms. The standard InChI is InChI=1S/C48H44O8/c1-2-3-5-10-31-15-17-32(18-16-31)33-19-21-36(22-20-33)47(52)56-43(34-11-6-4-7-12-34)30-54-46(51)35-23-26-38(27-24-35)55-48(53)37-25-28-41-42(29-37)45(50)40-14-9-8-13-39(40)44(41)49/h4,6-9,11-14,19-29,31-32,43H,2-3,5,10,15-18,30H2,1H3. The Morgan fingerprint density at radius 3 is 1.88 bits per heavy atom. The number of carbonyl (C=O) groups is 5. The third kappa shape index (κ3) is 8.70. The van der Waals surface area contributed by atoms with E-state index >= 15 is 0 Å². The molecule has 0 aliphatic heterocycles. The highest BCUT2D eigenvalue weighted by Crippen LogP contribution is 2.38. The van der Waals surface area contributed by atoms with Crippen molar-refractivity contribution in [3.63, 3.8) is 0 Å². The van der Waals surface area contributed by atoms with Gasteiger partial charge in [0.05, 0.1) is 16.7 Å². The summed E-state index contributed by atoms with van der Waals surface area (Å²) >= 11 is 0. The second kappa shape index (κ2) is 17.5. The van der Waals surface area contributed by atoms with E-state index in [4.69, 9.17) is 14.2 Å². The molecule has 5 aromatic carbocycles. The van der Waals surface area contributed by atoms with Crippen LogP contribution in [-0.2, 0) is 9.47 Å². The third-order valence-corrected chi connectivity index (χ3v) is 10.9. The fourth-order valence-corrected chi connectivity index (χ4v) is 7.71. The third-order valence-electron chi connectivity index (χ3n) is 10.9. The Bertz CT molecular complexity index is 2210. The Balaban J connectivity index is 0.940. The van der Waals surface area contributed by atoms with Crippen LogP contribution < -0.4 is 4.74 Å². The van der Waals surface area contributed by atoms with Gasteiger partial charge in [-0.25, -0.2) is 14.4 Å². The van der Waals surface area contributed by atoms with E-state index in [1.165, 1.54) is 99.4 Å². The summed E-state index contributed by atoms with van der Waals surface area (Å²) in [5.41, 5.74) is 3.65. The molecule has 284 valence electrons. The zero-order valence-corrected chi connectivity index (χ0v) is 31.4. The van der Waals surface area contributed by atoms with Crippen molar-refractivity contribution < 1.29 is 38.2 Å². The van der Waals surface area contributed by atoms with Crippen molar-refractivity contribution in [3.8, 4) is 5.75 Å². The minimum absolute atomic E-state index is 0.0978. The van der Waals surface area contributed by atoms with Crippen LogP contribution >= 0.6 is 0 Å². The van der Waals surface area contributed by atoms with Crippen LogP contribution in [0.3, 0.4) is 0 Å². The number of esters is 3. The highest BCUT2D eigenvalue weighted by Gasteiger charge is 2.30. The predicted octanol–water partition coefficient (Wildman–Crippen LogP) is 10.3. The lowest BCUT2D eigenvalue weighted by molar-refractivity contribution is -0.00134. The summed E-state index contributed by atoms with van der Waals surface area (Å²) in [5, 5.41) is 0. The molecule has 0 radical (unpaired) electrons. The summed E-state index contributed by atoms with van der Waals surface area (Å²) in [6.45, 7) is 2.03. The quantitative estimate of drug-likeness (QED) is 0.0652. The Kier molecular flexibility index (Phi) is 11.9. The molecule has 7 rings (SSSR count). The van der Waals surface area contributed by atoms with Gasteiger partial charge in [0.25, 0.3) is 0 Å². The molecule has 1 unspecified atom stereocenters. The van der Waals surface area contributed by atoms with Gasteiger partial charge in [-0.2, -0.15) is 0 Å². The number of ketones is 2. The first-order chi connectivity index (χ1) is 27.3. The van der Waals surface area contributed by atoms with Crippen molar-refractivity contribution in [1.29, 1.82) is 0 Å². The molecule has 1 atom stereocenters. The van der Waals surface area contributed by atoms with E-state index in [9.17, 15) is 24.0 Å². The Labute approximate surface area is 326 Å². The summed E-state index contributed by atoms with van der Waals surface area (Å²) in [6.07, 6.45) is 9.24. The predicted molar refractivity (Wildman–Crippen MR) is 211 cm³/mol. The van der Waals surface area contributed by atoms with E-state index in [1.54, 1.807) is 24.3 Å². The number of ether oxygens (including phenoxy) is 3. The number of rotatable bonds is 13. The number of unbranched alkanes of at least 4 members (excludes halogenated alkanes) is 2. The largest absolute Gasteiger partial charge is 0.458 e. The van der Waals surface area contributed by atoms with Gasteiger partial charge in [-0.15, -0.1) is 0 Å². The van der Waals surface area contributed by atoms with Gasteiger partial charge in [0.15, 0.2) is 17.7 Å². The van der Waals surface area contributed by atoms with Gasteiger partial charge in [-0.1, -0.05) is 99.3 Å². The van der Waals surface area contributed by atoms with Crippen LogP contribution in [0.5, 0.6) is 5.75 Å². The van der Waals surface area contributed by atoms with Crippen LogP contribution in [0.25, 0.3) is 0 Å². The lowest BCUT2D eigenvalue weighted by Gasteiger charge is -2.29. The minimum Gasteiger partial charge on any atom is -0.458 e. The zero-order chi connectivity index (χ0) is 39.0. The summed E-state index contributed by atoms with van der Waals surface area (Å²) in [5.74, 6) is -1.01. The fraction of sp³-hybridized carbons (Fsp3) is 0.271. The maximum Gasteiger partial charge on any atom is 0.343 e. The van der Waals surface area contributed by atoms with Crippen molar-refractivity contribution in [2.45, 2.75) is 70.3 Å². The van der Waals surface area contributed by atoms with E-state index < -0.39 is 24.0 Å². The van der Waals surface area contributed by atoms with Gasteiger partial charge in [-0.05, 0) is 103 Å². The van der Waals surface area contributed by atoms with Crippen molar-refractivity contribution in [2.24, 2.45) is 5.92 Å². The zero-order valence-electron chi connectivity index (χ0n) is 31.4. The lowest BCUT2D eigenvalue weighted by Crippen LogP contribution is -2.22. The smallest absolute Gasteiger partial charge is 0.343 e. The number of fused-ring (bicyclic) bond motifs is 2. The van der Waals surface area contributed by atoms with Gasteiger partial charge in [0.2, 0.25) is 0 Å². The molecule has 2 aliphatic rings. The number of carbonyl (C=O) groups excluding carboxylic acids is 5. The van der Waals surface area contributed by atoms with Crippen LogP contribution in [0.15, 0.2) is 121 Å². The molecule has 5 aromatic rings. The molecule has 0 heterocycles. The van der Waals surface area contributed by atoms with Gasteiger partial charge in [0.1, 0.15) is 12.4 Å². The first kappa shape index (κ1) is 38.1. The average Bonchev–Trinajstić information content (AvgIpc) is 3.25. The van der Waals surface area contributed by atoms with Crippen molar-refractivity contribution in [1.82, 2.24) is 0 Å². The summed E-state index contributed by atoms with van der Waals surface area (Å²) < 4.78 is 17.1. The van der Waals surface area contributed by atoms with E-state index in [1.807, 2.05) is 54.6 Å². The van der Waals surface area contributed by atoms with Gasteiger partial charge >= 0.3 is 17.9 Å². The highest BCUT2D eigenvalue weighted by molar-refractivity contribution is 6.28. The maximum atomic E-state index is 13.3. The molecule has 8 nitrogen and oxygen atoms in total. The molecule has 1 saturated carbocycles. The molecule has 8 heteroatoms. The summed E-state index contributed by atoms with van der Waals surface area (Å²) in [4.78, 5) is 65.5. The molecular weight excluding hydrogens is 705 g/mol. The molecule has 0 saturated heterocycles. The van der Waals surface area contributed by atoms with Crippen LogP contribution in [0, 0.1) is 5.92 Å². The second-order valence-electron chi connectivity index (χ2n) is 14.6. The van der Waals surface area contributed by atoms with E-state index in [0.29, 0.717) is 22.6 Å². The summed E-state index contributed by atoms with van der Waals surface area (Å²) in [6, 6.07) is 33.5. The van der Waals surface area contributed by atoms with Gasteiger partial charge < -0.3 is 14.2 Å². The molecule has 2 aliphatic carbocycles. The SMILES string of the molecule is CCCCCC1CCC(c2ccc(C(=O)OC(COC(=O)c3ccc(OC(=O)c4ccc5c(c4)C(=O)c4ccccc4C5=O)cc3)c3ccccc3)cc2)CC1. The van der Waals surface area contributed by atoms with E-state index in [0.717, 1.165) is 5.92 Å². The Morgan fingerprint density at radius 2 is 1.20 bits per heavy atom.